The van der Waals surface area contributed by atoms with Gasteiger partial charge in [-0.15, -0.1) is 0 Å². The van der Waals surface area contributed by atoms with E-state index in [9.17, 15) is 8.42 Å². The number of hydrogen-bond acceptors (Lipinski definition) is 3. The molecule has 2 N–H and O–H groups in total. The second-order valence-electron chi connectivity index (χ2n) is 5.05. The van der Waals surface area contributed by atoms with Crippen LogP contribution in [0.1, 0.15) is 31.4 Å². The van der Waals surface area contributed by atoms with Crippen molar-refractivity contribution in [1.29, 1.82) is 0 Å². The first kappa shape index (κ1) is 14.2. The van der Waals surface area contributed by atoms with E-state index in [0.29, 0.717) is 17.9 Å². The molecular formula is C13H21NO2S. The van der Waals surface area contributed by atoms with E-state index in [4.69, 9.17) is 5.73 Å². The quantitative estimate of drug-likeness (QED) is 0.897. The molecule has 0 aliphatic rings. The van der Waals surface area contributed by atoms with Crippen LogP contribution < -0.4 is 5.73 Å². The Kier molecular flexibility index (Phi) is 3.99. The molecule has 1 aromatic carbocycles. The number of aryl methyl sites for hydroxylation is 2. The van der Waals surface area contributed by atoms with Crippen molar-refractivity contribution >= 4 is 9.84 Å². The maximum absolute atomic E-state index is 12.5. The van der Waals surface area contributed by atoms with Gasteiger partial charge in [-0.25, -0.2) is 8.42 Å². The van der Waals surface area contributed by atoms with Gasteiger partial charge >= 0.3 is 0 Å². The molecule has 0 aromatic heterocycles. The fraction of sp³-hybridized carbons (Fsp3) is 0.538. The van der Waals surface area contributed by atoms with E-state index in [1.165, 1.54) is 0 Å². The highest BCUT2D eigenvalue weighted by Crippen LogP contribution is 2.28. The lowest BCUT2D eigenvalue weighted by Crippen LogP contribution is -2.34. The summed E-state index contributed by atoms with van der Waals surface area (Å²) >= 11 is 0. The van der Waals surface area contributed by atoms with Gasteiger partial charge in [0.05, 0.1) is 9.64 Å². The van der Waals surface area contributed by atoms with Gasteiger partial charge in [-0.1, -0.05) is 6.07 Å². The van der Waals surface area contributed by atoms with Crippen LogP contribution in [0.2, 0.25) is 0 Å². The van der Waals surface area contributed by atoms with E-state index in [0.717, 1.165) is 11.1 Å². The zero-order valence-electron chi connectivity index (χ0n) is 10.9. The first-order valence-electron chi connectivity index (χ1n) is 5.74. The Hall–Kier alpha value is -0.870. The third-order valence-corrected chi connectivity index (χ3v) is 5.80. The van der Waals surface area contributed by atoms with Gasteiger partial charge < -0.3 is 5.73 Å². The van der Waals surface area contributed by atoms with E-state index >= 15 is 0 Å². The van der Waals surface area contributed by atoms with Gasteiger partial charge in [-0.05, 0) is 63.9 Å². The standard InChI is InChI=1S/C13H21NO2S/c1-10-5-6-12(9-11(10)2)17(15,16)13(3,4)7-8-14/h5-6,9H,7-8,14H2,1-4H3. The van der Waals surface area contributed by atoms with E-state index in [1.807, 2.05) is 19.9 Å². The third-order valence-electron chi connectivity index (χ3n) is 3.26. The first-order chi connectivity index (χ1) is 7.72. The molecule has 0 heterocycles. The zero-order valence-corrected chi connectivity index (χ0v) is 11.8. The lowest BCUT2D eigenvalue weighted by atomic mass is 10.1. The average molecular weight is 255 g/mol. The predicted octanol–water partition coefficient (Wildman–Crippen LogP) is 2.20. The van der Waals surface area contributed by atoms with Gasteiger partial charge in [0.1, 0.15) is 0 Å². The average Bonchev–Trinajstić information content (AvgIpc) is 2.21. The summed E-state index contributed by atoms with van der Waals surface area (Å²) in [4.78, 5) is 0.388. The largest absolute Gasteiger partial charge is 0.330 e. The molecule has 1 aromatic rings. The molecule has 0 amide bonds. The zero-order chi connectivity index (χ0) is 13.3. The summed E-state index contributed by atoms with van der Waals surface area (Å²) in [6.45, 7) is 7.72. The number of hydrogen-bond donors (Lipinski definition) is 1. The summed E-state index contributed by atoms with van der Waals surface area (Å²) < 4.78 is 24.1. The van der Waals surface area contributed by atoms with Gasteiger partial charge in [-0.2, -0.15) is 0 Å². The molecule has 0 aliphatic carbocycles. The molecule has 0 spiro atoms. The van der Waals surface area contributed by atoms with Crippen LogP contribution in [0.15, 0.2) is 23.1 Å². The second-order valence-corrected chi connectivity index (χ2v) is 7.63. The number of sulfone groups is 1. The van der Waals surface area contributed by atoms with Crippen LogP contribution in [0.25, 0.3) is 0 Å². The molecule has 17 heavy (non-hydrogen) atoms. The summed E-state index contributed by atoms with van der Waals surface area (Å²) in [5.74, 6) is 0. The predicted molar refractivity (Wildman–Crippen MR) is 70.9 cm³/mol. The van der Waals surface area contributed by atoms with Crippen LogP contribution in [0.3, 0.4) is 0 Å². The smallest absolute Gasteiger partial charge is 0.183 e. The normalized spacial score (nSPS) is 12.8. The summed E-state index contributed by atoms with van der Waals surface area (Å²) in [5.41, 5.74) is 7.57. The molecule has 0 aliphatic heterocycles. The van der Waals surface area contributed by atoms with Crippen molar-refractivity contribution in [2.45, 2.75) is 43.8 Å². The van der Waals surface area contributed by atoms with Gasteiger partial charge in [0.2, 0.25) is 0 Å². The van der Waals surface area contributed by atoms with E-state index in [-0.39, 0.29) is 0 Å². The van der Waals surface area contributed by atoms with Crippen LogP contribution in [0.4, 0.5) is 0 Å². The highest BCUT2D eigenvalue weighted by molar-refractivity contribution is 7.92. The monoisotopic (exact) mass is 255 g/mol. The third kappa shape index (κ3) is 2.69. The lowest BCUT2D eigenvalue weighted by molar-refractivity contribution is 0.530. The van der Waals surface area contributed by atoms with Crippen molar-refractivity contribution in [1.82, 2.24) is 0 Å². The van der Waals surface area contributed by atoms with Gasteiger partial charge in [0.15, 0.2) is 9.84 Å². The maximum atomic E-state index is 12.5. The summed E-state index contributed by atoms with van der Waals surface area (Å²) in [5, 5.41) is 0. The van der Waals surface area contributed by atoms with E-state index < -0.39 is 14.6 Å². The van der Waals surface area contributed by atoms with Crippen molar-refractivity contribution < 1.29 is 8.42 Å². The molecular weight excluding hydrogens is 234 g/mol. The van der Waals surface area contributed by atoms with Crippen LogP contribution in [0, 0.1) is 13.8 Å². The van der Waals surface area contributed by atoms with Crippen molar-refractivity contribution in [2.24, 2.45) is 5.73 Å². The highest BCUT2D eigenvalue weighted by Gasteiger charge is 2.34. The van der Waals surface area contributed by atoms with Crippen molar-refractivity contribution in [3.8, 4) is 0 Å². The van der Waals surface area contributed by atoms with Crippen LogP contribution in [-0.4, -0.2) is 19.7 Å². The molecule has 3 nitrogen and oxygen atoms in total. The SMILES string of the molecule is Cc1ccc(S(=O)(=O)C(C)(C)CCN)cc1C. The molecule has 4 heteroatoms. The number of rotatable bonds is 4. The number of benzene rings is 1. The lowest BCUT2D eigenvalue weighted by Gasteiger charge is -2.24. The molecule has 0 radical (unpaired) electrons. The van der Waals surface area contributed by atoms with Crippen LogP contribution in [-0.2, 0) is 9.84 Å². The van der Waals surface area contributed by atoms with Crippen molar-refractivity contribution in [2.75, 3.05) is 6.54 Å². The Balaban J connectivity index is 3.27. The fourth-order valence-corrected chi connectivity index (χ4v) is 3.29. The molecule has 1 rings (SSSR count). The van der Waals surface area contributed by atoms with Gasteiger partial charge in [0.25, 0.3) is 0 Å². The minimum Gasteiger partial charge on any atom is -0.330 e. The minimum absolute atomic E-state index is 0.372. The molecule has 0 saturated carbocycles. The fourth-order valence-electron chi connectivity index (χ4n) is 1.68. The Morgan fingerprint density at radius 2 is 1.76 bits per heavy atom. The second kappa shape index (κ2) is 4.78. The van der Waals surface area contributed by atoms with Crippen LogP contribution >= 0.6 is 0 Å². The van der Waals surface area contributed by atoms with Crippen molar-refractivity contribution in [3.63, 3.8) is 0 Å². The molecule has 0 bridgehead atoms. The Morgan fingerprint density at radius 1 is 1.18 bits per heavy atom. The maximum Gasteiger partial charge on any atom is 0.183 e. The van der Waals surface area contributed by atoms with Crippen LogP contribution in [0.5, 0.6) is 0 Å². The first-order valence-corrected chi connectivity index (χ1v) is 7.22. The van der Waals surface area contributed by atoms with Gasteiger partial charge in [-0.3, -0.25) is 0 Å². The highest BCUT2D eigenvalue weighted by atomic mass is 32.2. The summed E-state index contributed by atoms with van der Waals surface area (Å²) in [7, 11) is -3.32. The topological polar surface area (TPSA) is 60.2 Å². The number of nitrogens with two attached hydrogens (primary N) is 1. The molecule has 0 saturated heterocycles. The molecule has 0 fully saturated rings. The minimum atomic E-state index is -3.32. The molecule has 96 valence electrons. The molecule has 0 atom stereocenters. The molecule has 0 unspecified atom stereocenters. The Labute approximate surface area is 104 Å². The van der Waals surface area contributed by atoms with Crippen molar-refractivity contribution in [3.05, 3.63) is 29.3 Å². The van der Waals surface area contributed by atoms with E-state index in [2.05, 4.69) is 0 Å². The van der Waals surface area contributed by atoms with Gasteiger partial charge in [0, 0.05) is 0 Å². The Morgan fingerprint density at radius 3 is 2.24 bits per heavy atom. The Bertz CT molecular complexity index is 504. The summed E-state index contributed by atoms with van der Waals surface area (Å²) in [6, 6.07) is 5.26. The van der Waals surface area contributed by atoms with E-state index in [1.54, 1.807) is 26.0 Å². The summed E-state index contributed by atoms with van der Waals surface area (Å²) in [6.07, 6.45) is 0.461.